The van der Waals surface area contributed by atoms with Crippen LogP contribution in [-0.4, -0.2) is 82.6 Å². The van der Waals surface area contributed by atoms with E-state index in [1.807, 2.05) is 36.8 Å². The molecule has 0 saturated carbocycles. The first-order valence-electron chi connectivity index (χ1n) is 13.2. The maximum Gasteiger partial charge on any atom is 0.416 e. The normalized spacial score (nSPS) is 14.7. The quantitative estimate of drug-likeness (QED) is 0.275. The van der Waals surface area contributed by atoms with Crippen molar-refractivity contribution in [3.8, 4) is 11.3 Å². The highest BCUT2D eigenvalue weighted by atomic mass is 19.4. The first-order valence-corrected chi connectivity index (χ1v) is 13.2. The minimum Gasteiger partial charge on any atom is -0.380 e. The van der Waals surface area contributed by atoms with Gasteiger partial charge in [-0.15, -0.1) is 5.10 Å². The third kappa shape index (κ3) is 5.91. The van der Waals surface area contributed by atoms with Crippen LogP contribution in [0, 0.1) is 6.92 Å². The number of nitrogens with zero attached hydrogens (tertiary/aromatic N) is 6. The number of rotatable bonds is 10. The molecule has 3 aromatic heterocycles. The summed E-state index contributed by atoms with van der Waals surface area (Å²) in [5, 5.41) is 8.10. The number of aromatic amines is 1. The molecule has 1 fully saturated rings. The lowest BCUT2D eigenvalue weighted by Gasteiger charge is -2.29. The summed E-state index contributed by atoms with van der Waals surface area (Å²) in [5.74, 6) is 1.13. The van der Waals surface area contributed by atoms with Crippen molar-refractivity contribution in [2.24, 2.45) is 0 Å². The Balaban J connectivity index is 1.60. The van der Waals surface area contributed by atoms with Gasteiger partial charge < -0.3 is 24.7 Å². The highest BCUT2D eigenvalue weighted by molar-refractivity contribution is 5.80. The van der Waals surface area contributed by atoms with Crippen LogP contribution in [-0.2, 0) is 22.2 Å². The lowest BCUT2D eigenvalue weighted by molar-refractivity contribution is -0.138. The van der Waals surface area contributed by atoms with Crippen molar-refractivity contribution in [1.82, 2.24) is 29.5 Å². The van der Waals surface area contributed by atoms with Crippen LogP contribution in [0.5, 0.6) is 0 Å². The number of morpholine rings is 1. The second-order valence-corrected chi connectivity index (χ2v) is 9.62. The van der Waals surface area contributed by atoms with Crippen LogP contribution in [0.4, 0.5) is 30.5 Å². The zero-order chi connectivity index (χ0) is 28.3. The number of imidazole rings is 2. The van der Waals surface area contributed by atoms with Gasteiger partial charge in [-0.1, -0.05) is 6.07 Å². The maximum absolute atomic E-state index is 14.1. The fourth-order valence-electron chi connectivity index (χ4n) is 4.76. The first-order chi connectivity index (χ1) is 19.3. The number of hydrogen-bond donors (Lipinski definition) is 2. The minimum absolute atomic E-state index is 0.134. The molecule has 0 amide bonds. The molecule has 5 rings (SSSR count). The molecule has 1 aliphatic heterocycles. The highest BCUT2D eigenvalue weighted by Gasteiger charge is 2.35. The standard InChI is InChI=1S/C27H33F3N8O2/c1-4-39-11-8-36(3)24-14-19(23-15-31-17-32-23)26-33-18(2)25(38(26)35-24)34-22-7-5-6-21(27(28,29)30)20(22)16-37-9-12-40-13-10-37/h5-7,14-15,17,34H,4,8-13,16H2,1-3H3,(H,31,32). The zero-order valence-electron chi connectivity index (χ0n) is 22.8. The van der Waals surface area contributed by atoms with Gasteiger partial charge in [0.15, 0.2) is 11.5 Å². The Bertz CT molecular complexity index is 1430. The molecule has 13 heteroatoms. The van der Waals surface area contributed by atoms with E-state index < -0.39 is 11.7 Å². The van der Waals surface area contributed by atoms with Crippen molar-refractivity contribution >= 4 is 23.0 Å². The largest absolute Gasteiger partial charge is 0.416 e. The third-order valence-corrected chi connectivity index (χ3v) is 6.92. The number of aryl methyl sites for hydroxylation is 1. The zero-order valence-corrected chi connectivity index (χ0v) is 22.8. The third-order valence-electron chi connectivity index (χ3n) is 6.92. The number of halogens is 3. The van der Waals surface area contributed by atoms with E-state index in [1.54, 1.807) is 23.1 Å². The summed E-state index contributed by atoms with van der Waals surface area (Å²) >= 11 is 0. The molecule has 4 heterocycles. The first kappa shape index (κ1) is 27.9. The van der Waals surface area contributed by atoms with Crippen LogP contribution >= 0.6 is 0 Å². The summed E-state index contributed by atoms with van der Waals surface area (Å²) < 4.78 is 55.0. The number of anilines is 3. The number of hydrogen-bond acceptors (Lipinski definition) is 8. The van der Waals surface area contributed by atoms with Crippen molar-refractivity contribution in [3.05, 3.63) is 53.6 Å². The molecule has 1 aliphatic rings. The molecule has 1 saturated heterocycles. The van der Waals surface area contributed by atoms with Crippen molar-refractivity contribution < 1.29 is 22.6 Å². The van der Waals surface area contributed by atoms with E-state index in [9.17, 15) is 13.2 Å². The van der Waals surface area contributed by atoms with E-state index in [2.05, 4.69) is 15.3 Å². The number of ether oxygens (including phenoxy) is 2. The highest BCUT2D eigenvalue weighted by Crippen LogP contribution is 2.38. The predicted molar refractivity (Wildman–Crippen MR) is 146 cm³/mol. The molecule has 2 N–H and O–H groups in total. The fraction of sp³-hybridized carbons (Fsp3) is 0.444. The summed E-state index contributed by atoms with van der Waals surface area (Å²) in [4.78, 5) is 16.0. The molecule has 4 aromatic rings. The number of fused-ring (bicyclic) bond motifs is 1. The van der Waals surface area contributed by atoms with Gasteiger partial charge in [-0.2, -0.15) is 17.7 Å². The Labute approximate surface area is 230 Å². The lowest BCUT2D eigenvalue weighted by atomic mass is 10.0. The van der Waals surface area contributed by atoms with Gasteiger partial charge in [0.05, 0.1) is 49.3 Å². The number of alkyl halides is 3. The van der Waals surface area contributed by atoms with E-state index in [0.29, 0.717) is 74.7 Å². The Kier molecular flexibility index (Phi) is 8.24. The molecule has 1 aromatic carbocycles. The second kappa shape index (κ2) is 11.8. The van der Waals surface area contributed by atoms with Crippen molar-refractivity contribution in [1.29, 1.82) is 0 Å². The molecule has 40 heavy (non-hydrogen) atoms. The smallest absolute Gasteiger partial charge is 0.380 e. The molecule has 0 bridgehead atoms. The molecule has 0 aliphatic carbocycles. The maximum atomic E-state index is 14.1. The second-order valence-electron chi connectivity index (χ2n) is 9.62. The van der Waals surface area contributed by atoms with Crippen LogP contribution in [0.15, 0.2) is 36.8 Å². The van der Waals surface area contributed by atoms with E-state index in [4.69, 9.17) is 19.6 Å². The molecule has 214 valence electrons. The Morgan fingerprint density at radius 2 is 2.02 bits per heavy atom. The summed E-state index contributed by atoms with van der Waals surface area (Å²) in [6, 6.07) is 6.13. The van der Waals surface area contributed by atoms with Crippen LogP contribution in [0.25, 0.3) is 16.9 Å². The van der Waals surface area contributed by atoms with Crippen molar-refractivity contribution in [2.75, 3.05) is 63.3 Å². The Morgan fingerprint density at radius 1 is 1.23 bits per heavy atom. The van der Waals surface area contributed by atoms with Crippen molar-refractivity contribution in [3.63, 3.8) is 0 Å². The molecule has 0 spiro atoms. The molecule has 0 radical (unpaired) electrons. The average Bonchev–Trinajstić information content (AvgIpc) is 3.57. The lowest BCUT2D eigenvalue weighted by Crippen LogP contribution is -2.36. The van der Waals surface area contributed by atoms with Gasteiger partial charge in [-0.3, -0.25) is 4.90 Å². The summed E-state index contributed by atoms with van der Waals surface area (Å²) in [7, 11) is 1.91. The molecule has 0 unspecified atom stereocenters. The number of nitrogens with one attached hydrogen (secondary N) is 2. The van der Waals surface area contributed by atoms with E-state index in [0.717, 1.165) is 17.3 Å². The number of benzene rings is 1. The number of H-pyrrole nitrogens is 1. The molecule has 0 atom stereocenters. The monoisotopic (exact) mass is 558 g/mol. The number of likely N-dealkylation sites (N-methyl/N-ethyl adjacent to an activating group) is 1. The van der Waals surface area contributed by atoms with Gasteiger partial charge in [-0.05, 0) is 32.0 Å². The van der Waals surface area contributed by atoms with Gasteiger partial charge in [0.25, 0.3) is 0 Å². The van der Waals surface area contributed by atoms with Gasteiger partial charge in [0, 0.05) is 56.6 Å². The fourth-order valence-corrected chi connectivity index (χ4v) is 4.76. The minimum atomic E-state index is -4.50. The average molecular weight is 559 g/mol. The Morgan fingerprint density at radius 3 is 2.73 bits per heavy atom. The van der Waals surface area contributed by atoms with E-state index >= 15 is 0 Å². The van der Waals surface area contributed by atoms with Crippen LogP contribution in [0.1, 0.15) is 23.7 Å². The molecular weight excluding hydrogens is 525 g/mol. The van der Waals surface area contributed by atoms with Crippen molar-refractivity contribution in [2.45, 2.75) is 26.6 Å². The number of aromatic nitrogens is 5. The SMILES string of the molecule is CCOCCN(C)c1cc(-c2cnc[nH]2)c2nc(C)c(Nc3cccc(C(F)(F)F)c3CN3CCOCC3)n2n1. The summed E-state index contributed by atoms with van der Waals surface area (Å²) in [6.07, 6.45) is -1.22. The molecule has 10 nitrogen and oxygen atoms in total. The summed E-state index contributed by atoms with van der Waals surface area (Å²) in [5.41, 5.74) is 2.51. The van der Waals surface area contributed by atoms with Crippen LogP contribution in [0.2, 0.25) is 0 Å². The van der Waals surface area contributed by atoms with Gasteiger partial charge >= 0.3 is 6.18 Å². The van der Waals surface area contributed by atoms with Gasteiger partial charge in [0.2, 0.25) is 0 Å². The molecular formula is C27H33F3N8O2. The topological polar surface area (TPSA) is 95.8 Å². The summed E-state index contributed by atoms with van der Waals surface area (Å²) in [6.45, 7) is 7.72. The van der Waals surface area contributed by atoms with E-state index in [1.165, 1.54) is 6.07 Å². The van der Waals surface area contributed by atoms with Crippen LogP contribution in [0.3, 0.4) is 0 Å². The Hall–Kier alpha value is -3.68. The van der Waals surface area contributed by atoms with Gasteiger partial charge in [-0.25, -0.2) is 9.97 Å². The predicted octanol–water partition coefficient (Wildman–Crippen LogP) is 4.50. The van der Waals surface area contributed by atoms with Crippen LogP contribution < -0.4 is 10.2 Å². The van der Waals surface area contributed by atoms with Gasteiger partial charge in [0.1, 0.15) is 5.82 Å². The van der Waals surface area contributed by atoms with E-state index in [-0.39, 0.29) is 12.1 Å².